The Bertz CT molecular complexity index is 1140. The minimum Gasteiger partial charge on any atom is -0.497 e. The van der Waals surface area contributed by atoms with E-state index < -0.39 is 12.1 Å². The van der Waals surface area contributed by atoms with Gasteiger partial charge in [0, 0.05) is 36.8 Å². The zero-order valence-electron chi connectivity index (χ0n) is 19.7. The topological polar surface area (TPSA) is 62.7 Å². The van der Waals surface area contributed by atoms with E-state index in [0.29, 0.717) is 24.2 Å². The third kappa shape index (κ3) is 6.88. The highest BCUT2D eigenvalue weighted by Gasteiger charge is 2.31. The molecular formula is C26H30ClFN2O3S2. The van der Waals surface area contributed by atoms with Crippen LogP contribution in [0.25, 0.3) is 10.9 Å². The molecule has 0 saturated carbocycles. The van der Waals surface area contributed by atoms with E-state index in [0.717, 1.165) is 51.9 Å². The van der Waals surface area contributed by atoms with Gasteiger partial charge in [0.2, 0.25) is 0 Å². The van der Waals surface area contributed by atoms with Crippen LogP contribution in [0.1, 0.15) is 37.4 Å². The van der Waals surface area contributed by atoms with Gasteiger partial charge in [-0.15, -0.1) is 23.1 Å². The number of benzene rings is 1. The summed E-state index contributed by atoms with van der Waals surface area (Å²) in [4.78, 5) is 18.3. The number of ether oxygens (including phenoxy) is 1. The third-order valence-corrected chi connectivity index (χ3v) is 9.50. The second-order valence-corrected chi connectivity index (χ2v) is 11.6. The molecule has 0 radical (unpaired) electrons. The van der Waals surface area contributed by atoms with Crippen LogP contribution in [0.4, 0.5) is 4.39 Å². The number of alkyl halides is 1. The standard InChI is InChI=1S/C26H30ClFN2O3S2/c1-33-19-3-5-24-21(15-19)20(6-9-29-24)23(28)4-2-17-7-10-30(16-18(17)14-25(31)32)11-13-35-26-22(27)8-12-34-26/h3,5-6,8-9,12,15,17-18,23H,2,4,7,10-11,13-14,16H2,1H3,(H,31,32)/t17-,18+,23-/m1/s1. The molecule has 0 spiro atoms. The predicted molar refractivity (Wildman–Crippen MR) is 142 cm³/mol. The van der Waals surface area contributed by atoms with Crippen LogP contribution in [0.5, 0.6) is 5.75 Å². The van der Waals surface area contributed by atoms with Gasteiger partial charge in [0.05, 0.1) is 21.9 Å². The Labute approximate surface area is 218 Å². The molecule has 1 fully saturated rings. The van der Waals surface area contributed by atoms with E-state index >= 15 is 4.39 Å². The number of thiophene rings is 1. The molecule has 1 saturated heterocycles. The van der Waals surface area contributed by atoms with E-state index in [1.54, 1.807) is 42.5 Å². The lowest BCUT2D eigenvalue weighted by molar-refractivity contribution is -0.139. The summed E-state index contributed by atoms with van der Waals surface area (Å²) in [5.41, 5.74) is 1.36. The number of carboxylic acids is 1. The molecule has 3 atom stereocenters. The fraction of sp³-hybridized carbons (Fsp3) is 0.462. The molecule has 0 aliphatic carbocycles. The average Bonchev–Trinajstić information content (AvgIpc) is 3.26. The maximum Gasteiger partial charge on any atom is 0.303 e. The molecule has 2 aromatic heterocycles. The van der Waals surface area contributed by atoms with Crippen LogP contribution in [0.2, 0.25) is 5.02 Å². The van der Waals surface area contributed by atoms with E-state index in [4.69, 9.17) is 16.3 Å². The Kier molecular flexibility index (Phi) is 9.27. The lowest BCUT2D eigenvalue weighted by Crippen LogP contribution is -2.42. The van der Waals surface area contributed by atoms with Gasteiger partial charge >= 0.3 is 5.97 Å². The van der Waals surface area contributed by atoms with Crippen molar-refractivity contribution in [1.29, 1.82) is 0 Å². The number of aromatic nitrogens is 1. The van der Waals surface area contributed by atoms with Gasteiger partial charge in [-0.2, -0.15) is 0 Å². The van der Waals surface area contributed by atoms with Crippen molar-refractivity contribution in [3.8, 4) is 5.75 Å². The number of hydrogen-bond acceptors (Lipinski definition) is 6. The van der Waals surface area contributed by atoms with Crippen LogP contribution >= 0.6 is 34.7 Å². The largest absolute Gasteiger partial charge is 0.497 e. The van der Waals surface area contributed by atoms with Gasteiger partial charge in [-0.05, 0) is 78.9 Å². The maximum absolute atomic E-state index is 15.4. The molecule has 0 unspecified atom stereocenters. The van der Waals surface area contributed by atoms with Gasteiger partial charge in [0.1, 0.15) is 11.9 Å². The van der Waals surface area contributed by atoms with E-state index in [2.05, 4.69) is 9.88 Å². The van der Waals surface area contributed by atoms with E-state index in [1.165, 1.54) is 0 Å². The average molecular weight is 537 g/mol. The number of methoxy groups -OCH3 is 1. The highest BCUT2D eigenvalue weighted by atomic mass is 35.5. The quantitative estimate of drug-likeness (QED) is 0.267. The minimum absolute atomic E-state index is 0.0260. The smallest absolute Gasteiger partial charge is 0.303 e. The zero-order chi connectivity index (χ0) is 24.8. The number of hydrogen-bond donors (Lipinski definition) is 1. The first-order chi connectivity index (χ1) is 16.9. The molecule has 1 aromatic carbocycles. The second-order valence-electron chi connectivity index (χ2n) is 8.94. The molecule has 9 heteroatoms. The van der Waals surface area contributed by atoms with Gasteiger partial charge in [0.25, 0.3) is 0 Å². The van der Waals surface area contributed by atoms with Crippen molar-refractivity contribution < 1.29 is 19.0 Å². The maximum atomic E-state index is 15.4. The van der Waals surface area contributed by atoms with Crippen LogP contribution in [0, 0.1) is 11.8 Å². The SMILES string of the molecule is COc1ccc2nccc([C@H](F)CC[C@@H]3CCN(CCSc4sccc4Cl)C[C@@H]3CC(=O)O)c2c1. The number of nitrogens with zero attached hydrogens (tertiary/aromatic N) is 2. The number of pyridine rings is 1. The molecule has 0 amide bonds. The van der Waals surface area contributed by atoms with Crippen molar-refractivity contribution in [3.63, 3.8) is 0 Å². The van der Waals surface area contributed by atoms with E-state index in [1.807, 2.05) is 29.6 Å². The summed E-state index contributed by atoms with van der Waals surface area (Å²) in [6, 6.07) is 9.14. The van der Waals surface area contributed by atoms with Crippen molar-refractivity contribution in [2.45, 2.75) is 36.1 Å². The molecule has 35 heavy (non-hydrogen) atoms. The Hall–Kier alpha value is -1.87. The van der Waals surface area contributed by atoms with Crippen molar-refractivity contribution in [1.82, 2.24) is 9.88 Å². The molecule has 1 aliphatic rings. The van der Waals surface area contributed by atoms with Gasteiger partial charge in [-0.25, -0.2) is 4.39 Å². The number of thioether (sulfide) groups is 1. The highest BCUT2D eigenvalue weighted by molar-refractivity contribution is 8.01. The normalized spacial score (nSPS) is 19.6. The first-order valence-corrected chi connectivity index (χ1v) is 14.1. The zero-order valence-corrected chi connectivity index (χ0v) is 22.0. The van der Waals surface area contributed by atoms with Crippen LogP contribution in [-0.4, -0.2) is 53.5 Å². The highest BCUT2D eigenvalue weighted by Crippen LogP contribution is 2.37. The molecule has 3 aromatic rings. The molecule has 188 valence electrons. The number of rotatable bonds is 11. The fourth-order valence-corrected chi connectivity index (χ4v) is 7.28. The first kappa shape index (κ1) is 26.2. The number of aliphatic carboxylic acids is 1. The molecular weight excluding hydrogens is 507 g/mol. The molecule has 4 rings (SSSR count). The number of likely N-dealkylation sites (tertiary alicyclic amines) is 1. The number of fused-ring (bicyclic) bond motifs is 1. The van der Waals surface area contributed by atoms with E-state index in [9.17, 15) is 9.90 Å². The molecule has 0 bridgehead atoms. The van der Waals surface area contributed by atoms with Crippen molar-refractivity contribution in [2.75, 3.05) is 32.5 Å². The second kappa shape index (κ2) is 12.4. The summed E-state index contributed by atoms with van der Waals surface area (Å²) in [6.07, 6.45) is 2.55. The summed E-state index contributed by atoms with van der Waals surface area (Å²) < 4.78 is 21.9. The van der Waals surface area contributed by atoms with Crippen molar-refractivity contribution in [2.24, 2.45) is 11.8 Å². The molecule has 1 aliphatic heterocycles. The monoisotopic (exact) mass is 536 g/mol. The van der Waals surface area contributed by atoms with Gasteiger partial charge in [0.15, 0.2) is 0 Å². The van der Waals surface area contributed by atoms with Crippen molar-refractivity contribution >= 4 is 51.6 Å². The summed E-state index contributed by atoms with van der Waals surface area (Å²) in [7, 11) is 1.59. The number of piperidine rings is 1. The number of carboxylic acid groups (broad SMARTS) is 1. The van der Waals surface area contributed by atoms with Crippen LogP contribution in [0.15, 0.2) is 46.1 Å². The van der Waals surface area contributed by atoms with Crippen LogP contribution in [-0.2, 0) is 4.79 Å². The predicted octanol–water partition coefficient (Wildman–Crippen LogP) is 6.95. The van der Waals surface area contributed by atoms with Crippen LogP contribution in [0.3, 0.4) is 0 Å². The first-order valence-electron chi connectivity index (χ1n) is 11.8. The summed E-state index contributed by atoms with van der Waals surface area (Å²) in [5, 5.41) is 13.0. The number of carbonyl (C=O) groups is 1. The van der Waals surface area contributed by atoms with Gasteiger partial charge in [-0.3, -0.25) is 9.78 Å². The molecule has 3 heterocycles. The Morgan fingerprint density at radius 1 is 1.37 bits per heavy atom. The molecule has 5 nitrogen and oxygen atoms in total. The van der Waals surface area contributed by atoms with Crippen molar-refractivity contribution in [3.05, 3.63) is 52.5 Å². The summed E-state index contributed by atoms with van der Waals surface area (Å²) in [5.74, 6) is 1.02. The number of halogens is 2. The lowest BCUT2D eigenvalue weighted by Gasteiger charge is -2.38. The van der Waals surface area contributed by atoms with Gasteiger partial charge < -0.3 is 14.7 Å². The van der Waals surface area contributed by atoms with Gasteiger partial charge in [-0.1, -0.05) is 11.6 Å². The van der Waals surface area contributed by atoms with E-state index in [-0.39, 0.29) is 18.3 Å². The van der Waals surface area contributed by atoms with Crippen LogP contribution < -0.4 is 4.74 Å². The fourth-order valence-electron chi connectivity index (χ4n) is 4.91. The summed E-state index contributed by atoms with van der Waals surface area (Å²) in [6.45, 7) is 2.53. The summed E-state index contributed by atoms with van der Waals surface area (Å²) >= 11 is 9.57. The molecule has 1 N–H and O–H groups in total. The lowest BCUT2D eigenvalue weighted by atomic mass is 9.79. The minimum atomic E-state index is -1.14. The third-order valence-electron chi connectivity index (χ3n) is 6.75. The Morgan fingerprint density at radius 2 is 2.23 bits per heavy atom. The Balaban J connectivity index is 1.35. The Morgan fingerprint density at radius 3 is 2.97 bits per heavy atom.